The monoisotopic (exact) mass is 424 g/mol. The first-order valence-electron chi connectivity index (χ1n) is 11.7. The first kappa shape index (κ1) is 22.0. The number of allylic oxidation sites excluding steroid dienone is 1. The van der Waals surface area contributed by atoms with Crippen molar-refractivity contribution in [3.05, 3.63) is 35.5 Å². The Bertz CT molecular complexity index is 913. The molecule has 0 radical (unpaired) electrons. The van der Waals surface area contributed by atoms with Gasteiger partial charge in [-0.25, -0.2) is 0 Å². The number of carbonyl (C=O) groups excluding carboxylic acids is 1. The highest BCUT2D eigenvalue weighted by atomic mass is 16.6. The van der Waals surface area contributed by atoms with Crippen LogP contribution in [0.1, 0.15) is 63.6 Å². The molecule has 0 unspecified atom stereocenters. The first-order chi connectivity index (χ1) is 14.9. The molecule has 3 heterocycles. The number of ether oxygens (including phenoxy) is 1. The molecular formula is C25H36N4O2. The Balaban J connectivity index is 1.35. The highest BCUT2D eigenvalue weighted by molar-refractivity contribution is 5.84. The Labute approximate surface area is 185 Å². The van der Waals surface area contributed by atoms with Crippen molar-refractivity contribution in [1.29, 1.82) is 0 Å². The van der Waals surface area contributed by atoms with Crippen LogP contribution in [0.4, 0.5) is 0 Å². The number of nitrogens with one attached hydrogen (secondary N) is 2. The molecule has 31 heavy (non-hydrogen) atoms. The molecule has 6 heteroatoms. The van der Waals surface area contributed by atoms with Gasteiger partial charge in [-0.3, -0.25) is 14.8 Å². The van der Waals surface area contributed by atoms with Crippen LogP contribution < -0.4 is 5.32 Å². The largest absolute Gasteiger partial charge is 0.459 e. The molecule has 0 spiro atoms. The fraction of sp³-hybridized carbons (Fsp3) is 0.600. The predicted molar refractivity (Wildman–Crippen MR) is 125 cm³/mol. The van der Waals surface area contributed by atoms with Crippen molar-refractivity contribution in [2.75, 3.05) is 32.7 Å². The van der Waals surface area contributed by atoms with Crippen LogP contribution in [0.2, 0.25) is 0 Å². The van der Waals surface area contributed by atoms with Gasteiger partial charge < -0.3 is 10.1 Å². The molecule has 1 aromatic heterocycles. The number of aromatic nitrogens is 2. The van der Waals surface area contributed by atoms with Gasteiger partial charge in [0.05, 0.1) is 12.1 Å². The minimum absolute atomic E-state index is 0.136. The van der Waals surface area contributed by atoms with Crippen LogP contribution in [-0.4, -0.2) is 59.4 Å². The van der Waals surface area contributed by atoms with E-state index >= 15 is 0 Å². The molecule has 0 amide bonds. The summed E-state index contributed by atoms with van der Waals surface area (Å²) in [5.41, 5.74) is 3.07. The summed E-state index contributed by atoms with van der Waals surface area (Å²) in [5.74, 6) is 0.997. The summed E-state index contributed by atoms with van der Waals surface area (Å²) in [6.07, 6.45) is 9.10. The van der Waals surface area contributed by atoms with Crippen LogP contribution in [0.25, 0.3) is 17.0 Å². The Hall–Kier alpha value is -2.18. The Kier molecular flexibility index (Phi) is 6.77. The van der Waals surface area contributed by atoms with E-state index in [-0.39, 0.29) is 5.97 Å². The van der Waals surface area contributed by atoms with E-state index in [0.29, 0.717) is 18.4 Å². The van der Waals surface area contributed by atoms with Gasteiger partial charge in [-0.2, -0.15) is 5.10 Å². The van der Waals surface area contributed by atoms with Crippen molar-refractivity contribution in [3.63, 3.8) is 0 Å². The molecule has 2 aliphatic rings. The second kappa shape index (κ2) is 9.53. The maximum atomic E-state index is 12.1. The van der Waals surface area contributed by atoms with Crippen molar-refractivity contribution in [3.8, 4) is 0 Å². The number of piperidine rings is 2. The molecule has 2 fully saturated rings. The lowest BCUT2D eigenvalue weighted by atomic mass is 9.91. The van der Waals surface area contributed by atoms with Crippen LogP contribution in [0, 0.1) is 5.92 Å². The number of esters is 1. The second-order valence-electron chi connectivity index (χ2n) is 10.00. The average Bonchev–Trinajstić information content (AvgIpc) is 3.15. The zero-order chi connectivity index (χ0) is 21.8. The fourth-order valence-corrected chi connectivity index (χ4v) is 4.68. The van der Waals surface area contributed by atoms with Crippen LogP contribution in [0.5, 0.6) is 0 Å². The minimum Gasteiger partial charge on any atom is -0.459 e. The maximum Gasteiger partial charge on any atom is 0.320 e. The summed E-state index contributed by atoms with van der Waals surface area (Å²) in [6, 6.07) is 6.60. The van der Waals surface area contributed by atoms with E-state index in [2.05, 4.69) is 50.8 Å². The molecule has 0 aliphatic carbocycles. The van der Waals surface area contributed by atoms with E-state index in [1.807, 2.05) is 20.8 Å². The molecule has 2 N–H and O–H groups in total. The summed E-state index contributed by atoms with van der Waals surface area (Å²) in [7, 11) is 0. The van der Waals surface area contributed by atoms with Crippen LogP contribution in [0.15, 0.2) is 24.3 Å². The van der Waals surface area contributed by atoms with Crippen molar-refractivity contribution in [1.82, 2.24) is 20.4 Å². The summed E-state index contributed by atoms with van der Waals surface area (Å²) < 4.78 is 5.46. The maximum absolute atomic E-state index is 12.1. The lowest BCUT2D eigenvalue weighted by Crippen LogP contribution is -2.39. The van der Waals surface area contributed by atoms with Crippen molar-refractivity contribution < 1.29 is 9.53 Å². The van der Waals surface area contributed by atoms with Gasteiger partial charge in [0, 0.05) is 17.0 Å². The van der Waals surface area contributed by atoms with Crippen molar-refractivity contribution in [2.45, 2.75) is 58.0 Å². The van der Waals surface area contributed by atoms with Gasteiger partial charge in [-0.15, -0.1) is 0 Å². The van der Waals surface area contributed by atoms with Crippen LogP contribution in [0.3, 0.4) is 0 Å². The standard InChI is InChI=1S/C25H36N4O2/c1-25(2,3)31-23(30)17-29-14-10-20(11-15-29)24-21-7-6-19(16-22(21)27-28-24)5-4-18-8-12-26-13-9-18/h4-7,16,18,20,26H,8-15,17H2,1-3H3,(H,27,28)/b5-4+. The normalized spacial score (nSPS) is 20.0. The van der Waals surface area contributed by atoms with Gasteiger partial charge in [0.25, 0.3) is 0 Å². The molecule has 6 nitrogen and oxygen atoms in total. The van der Waals surface area contributed by atoms with E-state index in [4.69, 9.17) is 4.74 Å². The summed E-state index contributed by atoms with van der Waals surface area (Å²) in [4.78, 5) is 14.3. The molecule has 2 saturated heterocycles. The number of fused-ring (bicyclic) bond motifs is 1. The lowest BCUT2D eigenvalue weighted by Gasteiger charge is -2.31. The summed E-state index contributed by atoms with van der Waals surface area (Å²) >= 11 is 0. The number of likely N-dealkylation sites (tertiary alicyclic amines) is 1. The van der Waals surface area contributed by atoms with E-state index in [1.165, 1.54) is 29.5 Å². The number of hydrogen-bond donors (Lipinski definition) is 2. The van der Waals surface area contributed by atoms with Gasteiger partial charge in [0.2, 0.25) is 0 Å². The van der Waals surface area contributed by atoms with Gasteiger partial charge >= 0.3 is 5.97 Å². The number of nitrogens with zero attached hydrogens (tertiary/aromatic N) is 2. The minimum atomic E-state index is -0.425. The van der Waals surface area contributed by atoms with Gasteiger partial charge in [-0.05, 0) is 90.2 Å². The second-order valence-corrected chi connectivity index (χ2v) is 10.00. The van der Waals surface area contributed by atoms with E-state index in [9.17, 15) is 4.79 Å². The van der Waals surface area contributed by atoms with E-state index in [0.717, 1.165) is 44.5 Å². The molecule has 1 aromatic carbocycles. The number of hydrogen-bond acceptors (Lipinski definition) is 5. The third-order valence-corrected chi connectivity index (χ3v) is 6.32. The Morgan fingerprint density at radius 3 is 2.65 bits per heavy atom. The van der Waals surface area contributed by atoms with Gasteiger partial charge in [0.15, 0.2) is 0 Å². The zero-order valence-electron chi connectivity index (χ0n) is 19.1. The molecule has 0 saturated carbocycles. The number of rotatable bonds is 5. The highest BCUT2D eigenvalue weighted by Crippen LogP contribution is 2.32. The molecule has 2 aromatic rings. The number of H-pyrrole nitrogens is 1. The van der Waals surface area contributed by atoms with E-state index < -0.39 is 5.60 Å². The zero-order valence-corrected chi connectivity index (χ0v) is 19.1. The summed E-state index contributed by atoms with van der Waals surface area (Å²) in [6.45, 7) is 10.2. The van der Waals surface area contributed by atoms with Gasteiger partial charge in [0.1, 0.15) is 5.60 Å². The molecule has 0 atom stereocenters. The average molecular weight is 425 g/mol. The Morgan fingerprint density at radius 2 is 1.94 bits per heavy atom. The quantitative estimate of drug-likeness (QED) is 0.708. The van der Waals surface area contributed by atoms with Gasteiger partial charge in [-0.1, -0.05) is 24.3 Å². The van der Waals surface area contributed by atoms with Crippen LogP contribution in [-0.2, 0) is 9.53 Å². The molecule has 4 rings (SSSR count). The number of carbonyl (C=O) groups is 1. The fourth-order valence-electron chi connectivity index (χ4n) is 4.68. The molecule has 2 aliphatic heterocycles. The summed E-state index contributed by atoms with van der Waals surface area (Å²) in [5, 5.41) is 12.6. The van der Waals surface area contributed by atoms with Crippen LogP contribution >= 0.6 is 0 Å². The number of aromatic amines is 1. The highest BCUT2D eigenvalue weighted by Gasteiger charge is 2.26. The Morgan fingerprint density at radius 1 is 1.19 bits per heavy atom. The third-order valence-electron chi connectivity index (χ3n) is 6.32. The number of benzene rings is 1. The molecular weight excluding hydrogens is 388 g/mol. The third kappa shape index (κ3) is 5.95. The topological polar surface area (TPSA) is 70.2 Å². The van der Waals surface area contributed by atoms with Crippen molar-refractivity contribution in [2.24, 2.45) is 5.92 Å². The predicted octanol–water partition coefficient (Wildman–Crippen LogP) is 4.10. The van der Waals surface area contributed by atoms with E-state index in [1.54, 1.807) is 0 Å². The molecule has 168 valence electrons. The molecule has 0 bridgehead atoms. The SMILES string of the molecule is CC(C)(C)OC(=O)CN1CCC(c2[nH]nc3cc(/C=C/C4CCNCC4)ccc23)CC1. The first-order valence-corrected chi connectivity index (χ1v) is 11.7. The lowest BCUT2D eigenvalue weighted by molar-refractivity contribution is -0.156. The smallest absolute Gasteiger partial charge is 0.320 e. The van der Waals surface area contributed by atoms with Crippen molar-refractivity contribution >= 4 is 22.9 Å².